The first-order valence-electron chi connectivity index (χ1n) is 5.88. The van der Waals surface area contributed by atoms with Crippen molar-refractivity contribution in [3.05, 3.63) is 22.2 Å². The standard InChI is InChI=1S/C13H19BrN2O3/c1-8(13(17)15-2)16-7-9-5-10(14)12(19-4)11(6-9)18-3/h5-6,8,16H,7H2,1-4H3,(H,15,17). The molecule has 1 unspecified atom stereocenters. The van der Waals surface area contributed by atoms with Gasteiger partial charge in [0.25, 0.3) is 0 Å². The summed E-state index contributed by atoms with van der Waals surface area (Å²) in [7, 11) is 4.80. The Kier molecular flexibility index (Phi) is 6.11. The van der Waals surface area contributed by atoms with Crippen molar-refractivity contribution in [1.29, 1.82) is 0 Å². The van der Waals surface area contributed by atoms with Crippen LogP contribution in [0.2, 0.25) is 0 Å². The Balaban J connectivity index is 2.80. The normalized spacial score (nSPS) is 11.8. The van der Waals surface area contributed by atoms with E-state index in [1.54, 1.807) is 21.3 Å². The van der Waals surface area contributed by atoms with E-state index in [1.165, 1.54) is 0 Å². The van der Waals surface area contributed by atoms with Gasteiger partial charge < -0.3 is 20.1 Å². The van der Waals surface area contributed by atoms with Crippen LogP contribution in [0.25, 0.3) is 0 Å². The highest BCUT2D eigenvalue weighted by Crippen LogP contribution is 2.36. The Bertz CT molecular complexity index is 452. The summed E-state index contributed by atoms with van der Waals surface area (Å²) >= 11 is 3.44. The van der Waals surface area contributed by atoms with Crippen molar-refractivity contribution < 1.29 is 14.3 Å². The largest absolute Gasteiger partial charge is 0.493 e. The lowest BCUT2D eigenvalue weighted by Gasteiger charge is -2.15. The van der Waals surface area contributed by atoms with Crippen molar-refractivity contribution in [1.82, 2.24) is 10.6 Å². The lowest BCUT2D eigenvalue weighted by molar-refractivity contribution is -0.122. The van der Waals surface area contributed by atoms with Crippen molar-refractivity contribution in [2.24, 2.45) is 0 Å². The Morgan fingerprint density at radius 2 is 2.05 bits per heavy atom. The molecule has 0 heterocycles. The minimum absolute atomic E-state index is 0.0421. The SMILES string of the molecule is CNC(=O)C(C)NCc1cc(Br)c(OC)c(OC)c1. The van der Waals surface area contributed by atoms with Crippen LogP contribution < -0.4 is 20.1 Å². The second-order valence-electron chi connectivity index (χ2n) is 4.03. The average molecular weight is 331 g/mol. The molecular formula is C13H19BrN2O3. The molecule has 1 atom stereocenters. The Labute approximate surface area is 121 Å². The van der Waals surface area contributed by atoms with Gasteiger partial charge in [0.2, 0.25) is 5.91 Å². The van der Waals surface area contributed by atoms with Crippen LogP contribution in [0.1, 0.15) is 12.5 Å². The number of methoxy groups -OCH3 is 2. The Hall–Kier alpha value is -1.27. The fourth-order valence-corrected chi connectivity index (χ4v) is 2.30. The van der Waals surface area contributed by atoms with Gasteiger partial charge in [-0.15, -0.1) is 0 Å². The molecule has 0 aromatic heterocycles. The maximum Gasteiger partial charge on any atom is 0.236 e. The molecule has 0 spiro atoms. The number of halogens is 1. The summed E-state index contributed by atoms with van der Waals surface area (Å²) in [6.45, 7) is 2.38. The molecule has 0 saturated heterocycles. The van der Waals surface area contributed by atoms with Crippen molar-refractivity contribution in [3.8, 4) is 11.5 Å². The Morgan fingerprint density at radius 3 is 2.58 bits per heavy atom. The highest BCUT2D eigenvalue weighted by molar-refractivity contribution is 9.10. The number of carbonyl (C=O) groups excluding carboxylic acids is 1. The highest BCUT2D eigenvalue weighted by Gasteiger charge is 2.13. The number of likely N-dealkylation sites (N-methyl/N-ethyl adjacent to an activating group) is 1. The number of rotatable bonds is 6. The number of nitrogens with one attached hydrogen (secondary N) is 2. The summed E-state index contributed by atoms with van der Waals surface area (Å²) in [5.74, 6) is 1.27. The molecule has 0 radical (unpaired) electrons. The van der Waals surface area contributed by atoms with Crippen LogP contribution in [-0.4, -0.2) is 33.2 Å². The molecule has 19 heavy (non-hydrogen) atoms. The number of benzene rings is 1. The zero-order valence-corrected chi connectivity index (χ0v) is 13.1. The van der Waals surface area contributed by atoms with E-state index in [0.29, 0.717) is 18.0 Å². The fraction of sp³-hybridized carbons (Fsp3) is 0.462. The van der Waals surface area contributed by atoms with Crippen molar-refractivity contribution >= 4 is 21.8 Å². The molecular weight excluding hydrogens is 312 g/mol. The zero-order valence-electron chi connectivity index (χ0n) is 11.5. The first-order valence-corrected chi connectivity index (χ1v) is 6.68. The lowest BCUT2D eigenvalue weighted by Crippen LogP contribution is -2.40. The van der Waals surface area contributed by atoms with Crippen LogP contribution in [0, 0.1) is 0 Å². The third-order valence-corrected chi connectivity index (χ3v) is 3.33. The number of carbonyl (C=O) groups is 1. The quantitative estimate of drug-likeness (QED) is 0.833. The van der Waals surface area contributed by atoms with Gasteiger partial charge in [0.15, 0.2) is 11.5 Å². The maximum absolute atomic E-state index is 11.4. The van der Waals surface area contributed by atoms with E-state index in [0.717, 1.165) is 10.0 Å². The van der Waals surface area contributed by atoms with Gasteiger partial charge >= 0.3 is 0 Å². The predicted octanol–water partition coefficient (Wildman–Crippen LogP) is 1.69. The van der Waals surface area contributed by atoms with Crippen LogP contribution in [-0.2, 0) is 11.3 Å². The van der Waals surface area contributed by atoms with Gasteiger partial charge in [-0.2, -0.15) is 0 Å². The fourth-order valence-electron chi connectivity index (χ4n) is 1.65. The molecule has 0 aliphatic heterocycles. The van der Waals surface area contributed by atoms with Crippen molar-refractivity contribution in [3.63, 3.8) is 0 Å². The molecule has 0 aliphatic carbocycles. The molecule has 0 aliphatic rings. The number of hydrogen-bond acceptors (Lipinski definition) is 4. The number of amides is 1. The first-order chi connectivity index (χ1) is 9.03. The summed E-state index contributed by atoms with van der Waals surface area (Å²) in [6, 6.07) is 3.56. The molecule has 0 fully saturated rings. The van der Waals surface area contributed by atoms with E-state index in [1.807, 2.05) is 19.1 Å². The first kappa shape index (κ1) is 15.8. The lowest BCUT2D eigenvalue weighted by atomic mass is 10.2. The van der Waals surface area contributed by atoms with Crippen LogP contribution in [0.5, 0.6) is 11.5 Å². The number of ether oxygens (including phenoxy) is 2. The second-order valence-corrected chi connectivity index (χ2v) is 4.88. The van der Waals surface area contributed by atoms with Gasteiger partial charge in [-0.05, 0) is 40.5 Å². The smallest absolute Gasteiger partial charge is 0.236 e. The predicted molar refractivity (Wildman–Crippen MR) is 77.6 cm³/mol. The van der Waals surface area contributed by atoms with E-state index in [9.17, 15) is 4.79 Å². The van der Waals surface area contributed by atoms with E-state index >= 15 is 0 Å². The van der Waals surface area contributed by atoms with E-state index in [2.05, 4.69) is 26.6 Å². The molecule has 1 rings (SSSR count). The summed E-state index contributed by atoms with van der Waals surface area (Å²) < 4.78 is 11.3. The van der Waals surface area contributed by atoms with Gasteiger partial charge in [-0.3, -0.25) is 4.79 Å². The average Bonchev–Trinajstić information content (AvgIpc) is 2.42. The minimum atomic E-state index is -0.253. The second kappa shape index (κ2) is 7.35. The monoisotopic (exact) mass is 330 g/mol. The molecule has 2 N–H and O–H groups in total. The topological polar surface area (TPSA) is 59.6 Å². The van der Waals surface area contributed by atoms with Gasteiger partial charge in [-0.25, -0.2) is 0 Å². The van der Waals surface area contributed by atoms with Gasteiger partial charge in [-0.1, -0.05) is 0 Å². The molecule has 1 aromatic rings. The molecule has 1 aromatic carbocycles. The molecule has 0 bridgehead atoms. The molecule has 106 valence electrons. The Morgan fingerprint density at radius 1 is 1.37 bits per heavy atom. The van der Waals surface area contributed by atoms with Crippen LogP contribution in [0.4, 0.5) is 0 Å². The molecule has 5 nitrogen and oxygen atoms in total. The summed E-state index contributed by atoms with van der Waals surface area (Å²) in [6.07, 6.45) is 0. The van der Waals surface area contributed by atoms with Crippen molar-refractivity contribution in [2.75, 3.05) is 21.3 Å². The van der Waals surface area contributed by atoms with Gasteiger partial charge in [0.05, 0.1) is 24.7 Å². The van der Waals surface area contributed by atoms with Crippen LogP contribution >= 0.6 is 15.9 Å². The third-order valence-electron chi connectivity index (χ3n) is 2.75. The van der Waals surface area contributed by atoms with Gasteiger partial charge in [0.1, 0.15) is 0 Å². The molecule has 1 amide bonds. The molecule has 0 saturated carbocycles. The number of hydrogen-bond donors (Lipinski definition) is 2. The van der Waals surface area contributed by atoms with E-state index < -0.39 is 0 Å². The van der Waals surface area contributed by atoms with Gasteiger partial charge in [0, 0.05) is 13.6 Å². The van der Waals surface area contributed by atoms with Crippen molar-refractivity contribution in [2.45, 2.75) is 19.5 Å². The summed E-state index contributed by atoms with van der Waals surface area (Å²) in [5, 5.41) is 5.73. The summed E-state index contributed by atoms with van der Waals surface area (Å²) in [4.78, 5) is 11.4. The van der Waals surface area contributed by atoms with E-state index in [4.69, 9.17) is 9.47 Å². The summed E-state index contributed by atoms with van der Waals surface area (Å²) in [5.41, 5.74) is 1.00. The minimum Gasteiger partial charge on any atom is -0.493 e. The molecule has 6 heteroatoms. The maximum atomic E-state index is 11.4. The van der Waals surface area contributed by atoms with Crippen LogP contribution in [0.15, 0.2) is 16.6 Å². The van der Waals surface area contributed by atoms with Crippen LogP contribution in [0.3, 0.4) is 0 Å². The van der Waals surface area contributed by atoms with E-state index in [-0.39, 0.29) is 11.9 Å². The third kappa shape index (κ3) is 4.11. The zero-order chi connectivity index (χ0) is 14.4. The highest BCUT2D eigenvalue weighted by atomic mass is 79.9.